The molecular formula is C15H15BrFN3O4. The van der Waals surface area contributed by atoms with Gasteiger partial charge in [-0.2, -0.15) is 5.26 Å². The van der Waals surface area contributed by atoms with Gasteiger partial charge in [-0.3, -0.25) is 4.79 Å². The number of nitriles is 1. The first kappa shape index (κ1) is 18.2. The van der Waals surface area contributed by atoms with Crippen molar-refractivity contribution in [2.45, 2.75) is 18.1 Å². The van der Waals surface area contributed by atoms with Gasteiger partial charge in [0.1, 0.15) is 11.9 Å². The third-order valence-electron chi connectivity index (χ3n) is 3.87. The van der Waals surface area contributed by atoms with Crippen LogP contribution in [0.2, 0.25) is 0 Å². The summed E-state index contributed by atoms with van der Waals surface area (Å²) < 4.78 is 19.6. The molecule has 0 spiro atoms. The highest BCUT2D eigenvalue weighted by atomic mass is 79.9. The summed E-state index contributed by atoms with van der Waals surface area (Å²) in [5.74, 6) is -1.08. The lowest BCUT2D eigenvalue weighted by Crippen LogP contribution is -2.71. The number of carbonyl (C=O) groups excluding carboxylic acids is 1. The molecule has 1 saturated heterocycles. The minimum atomic E-state index is -1.31. The van der Waals surface area contributed by atoms with Gasteiger partial charge >= 0.3 is 6.09 Å². The SMILES string of the molecule is COC1(C(=O)N[C@H](C#N)Cc2ccc(Br)cc2F)CN(C(=O)O)C1. The topological polar surface area (TPSA) is 103 Å². The molecule has 1 aliphatic heterocycles. The predicted octanol–water partition coefficient (Wildman–Crippen LogP) is 1.52. The lowest BCUT2D eigenvalue weighted by Gasteiger charge is -2.46. The third kappa shape index (κ3) is 3.66. The zero-order chi connectivity index (χ0) is 17.9. The molecule has 1 atom stereocenters. The van der Waals surface area contributed by atoms with E-state index in [0.29, 0.717) is 4.47 Å². The van der Waals surface area contributed by atoms with Gasteiger partial charge in [0.15, 0.2) is 5.60 Å². The molecule has 128 valence electrons. The number of nitrogens with one attached hydrogen (secondary N) is 1. The number of hydrogen-bond acceptors (Lipinski definition) is 4. The minimum absolute atomic E-state index is 0.0101. The predicted molar refractivity (Wildman–Crippen MR) is 84.7 cm³/mol. The van der Waals surface area contributed by atoms with Gasteiger partial charge in [0.05, 0.1) is 19.2 Å². The molecule has 2 amide bonds. The van der Waals surface area contributed by atoms with Gasteiger partial charge in [-0.15, -0.1) is 0 Å². The summed E-state index contributed by atoms with van der Waals surface area (Å²) in [5.41, 5.74) is -1.02. The van der Waals surface area contributed by atoms with E-state index in [1.54, 1.807) is 6.07 Å². The minimum Gasteiger partial charge on any atom is -0.465 e. The van der Waals surface area contributed by atoms with Gasteiger partial charge in [0.2, 0.25) is 0 Å². The van der Waals surface area contributed by atoms with Crippen LogP contribution in [-0.4, -0.2) is 53.8 Å². The van der Waals surface area contributed by atoms with Crippen LogP contribution in [0.25, 0.3) is 0 Å². The zero-order valence-corrected chi connectivity index (χ0v) is 14.3. The standard InChI is InChI=1S/C15H15BrFN3O4/c1-24-15(7-20(8-15)14(22)23)13(21)19-11(6-18)4-9-2-3-10(16)5-12(9)17/h2-3,5,11H,4,7-8H2,1H3,(H,19,21)(H,22,23)/t11-/m0/s1. The van der Waals surface area contributed by atoms with Gasteiger partial charge in [0.25, 0.3) is 5.91 Å². The average Bonchev–Trinajstić information content (AvgIpc) is 2.48. The molecule has 2 rings (SSSR count). The van der Waals surface area contributed by atoms with E-state index < -0.39 is 29.5 Å². The number of likely N-dealkylation sites (tertiary alicyclic amines) is 1. The molecule has 0 unspecified atom stereocenters. The van der Waals surface area contributed by atoms with E-state index >= 15 is 0 Å². The quantitative estimate of drug-likeness (QED) is 0.780. The molecule has 7 nitrogen and oxygen atoms in total. The van der Waals surface area contributed by atoms with E-state index in [0.717, 1.165) is 4.90 Å². The van der Waals surface area contributed by atoms with Crippen LogP contribution in [0.15, 0.2) is 22.7 Å². The normalized spacial score (nSPS) is 16.7. The summed E-state index contributed by atoms with van der Waals surface area (Å²) in [6, 6.07) is 5.39. The van der Waals surface area contributed by atoms with E-state index in [9.17, 15) is 19.2 Å². The molecule has 0 saturated carbocycles. The summed E-state index contributed by atoms with van der Waals surface area (Å²) in [6.07, 6.45) is -1.16. The van der Waals surface area contributed by atoms with Gasteiger partial charge in [-0.05, 0) is 17.7 Å². The van der Waals surface area contributed by atoms with Gasteiger partial charge in [-0.1, -0.05) is 22.0 Å². The maximum Gasteiger partial charge on any atom is 0.407 e. The number of methoxy groups -OCH3 is 1. The number of carbonyl (C=O) groups is 2. The second-order valence-corrected chi connectivity index (χ2v) is 6.35. The number of nitrogens with zero attached hydrogens (tertiary/aromatic N) is 2. The van der Waals surface area contributed by atoms with Crippen molar-refractivity contribution >= 4 is 27.9 Å². The van der Waals surface area contributed by atoms with Crippen LogP contribution in [0.4, 0.5) is 9.18 Å². The van der Waals surface area contributed by atoms with Crippen LogP contribution >= 0.6 is 15.9 Å². The van der Waals surface area contributed by atoms with Crippen molar-refractivity contribution in [3.8, 4) is 6.07 Å². The molecule has 1 aromatic rings. The molecule has 1 fully saturated rings. The van der Waals surface area contributed by atoms with E-state index in [1.165, 1.54) is 19.2 Å². The Hall–Kier alpha value is -2.18. The fraction of sp³-hybridized carbons (Fsp3) is 0.400. The first-order valence-corrected chi connectivity index (χ1v) is 7.78. The van der Waals surface area contributed by atoms with Crippen LogP contribution in [-0.2, 0) is 16.0 Å². The number of halogens is 2. The lowest BCUT2D eigenvalue weighted by molar-refractivity contribution is -0.162. The smallest absolute Gasteiger partial charge is 0.407 e. The highest BCUT2D eigenvalue weighted by Crippen LogP contribution is 2.25. The Morgan fingerprint density at radius 1 is 1.58 bits per heavy atom. The Bertz CT molecular complexity index is 700. The summed E-state index contributed by atoms with van der Waals surface area (Å²) >= 11 is 3.15. The summed E-state index contributed by atoms with van der Waals surface area (Å²) in [5, 5.41) is 20.6. The Morgan fingerprint density at radius 2 is 2.25 bits per heavy atom. The highest BCUT2D eigenvalue weighted by molar-refractivity contribution is 9.10. The summed E-state index contributed by atoms with van der Waals surface area (Å²) in [6.45, 7) is -0.231. The molecule has 1 heterocycles. The van der Waals surface area contributed by atoms with Crippen molar-refractivity contribution in [3.05, 3.63) is 34.1 Å². The maximum absolute atomic E-state index is 13.9. The number of carboxylic acid groups (broad SMARTS) is 1. The van der Waals surface area contributed by atoms with Gasteiger partial charge in [-0.25, -0.2) is 9.18 Å². The van der Waals surface area contributed by atoms with Crippen molar-refractivity contribution in [1.82, 2.24) is 10.2 Å². The monoisotopic (exact) mass is 399 g/mol. The van der Waals surface area contributed by atoms with Crippen molar-refractivity contribution in [3.63, 3.8) is 0 Å². The fourth-order valence-electron chi connectivity index (χ4n) is 2.40. The second kappa shape index (κ2) is 7.15. The van der Waals surface area contributed by atoms with Crippen molar-refractivity contribution in [1.29, 1.82) is 5.26 Å². The Balaban J connectivity index is 2.03. The number of ether oxygens (including phenoxy) is 1. The number of rotatable bonds is 5. The molecule has 9 heteroatoms. The number of amides is 2. The highest BCUT2D eigenvalue weighted by Gasteiger charge is 2.52. The lowest BCUT2D eigenvalue weighted by atomic mass is 9.92. The molecule has 1 aliphatic rings. The van der Waals surface area contributed by atoms with Crippen molar-refractivity contribution in [2.24, 2.45) is 0 Å². The van der Waals surface area contributed by atoms with E-state index in [2.05, 4.69) is 21.2 Å². The molecule has 1 aromatic carbocycles. The summed E-state index contributed by atoms with van der Waals surface area (Å²) in [4.78, 5) is 24.2. The van der Waals surface area contributed by atoms with Gasteiger partial charge < -0.3 is 20.1 Å². The van der Waals surface area contributed by atoms with Crippen LogP contribution in [0.3, 0.4) is 0 Å². The molecule has 0 bridgehead atoms. The molecule has 0 aromatic heterocycles. The van der Waals surface area contributed by atoms with E-state index in [1.807, 2.05) is 6.07 Å². The average molecular weight is 400 g/mol. The molecule has 2 N–H and O–H groups in total. The second-order valence-electron chi connectivity index (χ2n) is 5.43. The number of hydrogen-bond donors (Lipinski definition) is 2. The molecule has 24 heavy (non-hydrogen) atoms. The van der Waals surface area contributed by atoms with Crippen molar-refractivity contribution < 1.29 is 23.8 Å². The molecule has 0 aliphatic carbocycles. The van der Waals surface area contributed by atoms with E-state index in [-0.39, 0.29) is 25.1 Å². The third-order valence-corrected chi connectivity index (χ3v) is 4.36. The van der Waals surface area contributed by atoms with Gasteiger partial charge in [0, 0.05) is 18.0 Å². The first-order chi connectivity index (χ1) is 11.3. The van der Waals surface area contributed by atoms with E-state index in [4.69, 9.17) is 9.84 Å². The number of benzene rings is 1. The zero-order valence-electron chi connectivity index (χ0n) is 12.8. The van der Waals surface area contributed by atoms with Crippen LogP contribution in [0, 0.1) is 17.1 Å². The van der Waals surface area contributed by atoms with Crippen LogP contribution in [0.5, 0.6) is 0 Å². The van der Waals surface area contributed by atoms with Crippen LogP contribution in [0.1, 0.15) is 5.56 Å². The fourth-order valence-corrected chi connectivity index (χ4v) is 2.73. The van der Waals surface area contributed by atoms with Crippen molar-refractivity contribution in [2.75, 3.05) is 20.2 Å². The Kier molecular flexibility index (Phi) is 5.41. The molecular weight excluding hydrogens is 385 g/mol. The Labute approximate surface area is 146 Å². The largest absolute Gasteiger partial charge is 0.465 e. The maximum atomic E-state index is 13.9. The first-order valence-electron chi connectivity index (χ1n) is 6.99. The Morgan fingerprint density at radius 3 is 2.75 bits per heavy atom. The van der Waals surface area contributed by atoms with Crippen LogP contribution < -0.4 is 5.32 Å². The summed E-state index contributed by atoms with van der Waals surface area (Å²) in [7, 11) is 1.30. The molecule has 0 radical (unpaired) electrons.